The number of hydrogen-bond acceptors (Lipinski definition) is 4. The molecule has 2 N–H and O–H groups in total. The molecule has 0 heterocycles. The largest absolute Gasteiger partial charge is 0.481 e. The van der Waals surface area contributed by atoms with Gasteiger partial charge in [-0.1, -0.05) is 0 Å². The number of carbonyl (C=O) groups is 2. The van der Waals surface area contributed by atoms with E-state index >= 15 is 0 Å². The number of carbonyl (C=O) groups excluding carboxylic acids is 1. The van der Waals surface area contributed by atoms with Crippen LogP contribution in [0.2, 0.25) is 0 Å². The minimum atomic E-state index is -0.966. The van der Waals surface area contributed by atoms with Crippen molar-refractivity contribution >= 4 is 12.1 Å². The standard InChI is InChI=1S/C14H25NO5/c1-13(2,3)19-9-7-8(10(9)11(16)17)15-12(18)20-14(4,5)6/h8-10H,7H2,1-6H3,(H,15,18)(H,16,17)/t8-,9+,10-/m1/s1. The topological polar surface area (TPSA) is 84.9 Å². The second kappa shape index (κ2) is 5.60. The molecule has 1 aliphatic carbocycles. The lowest BCUT2D eigenvalue weighted by atomic mass is 9.76. The lowest BCUT2D eigenvalue weighted by molar-refractivity contribution is -0.173. The minimum Gasteiger partial charge on any atom is -0.481 e. The molecule has 0 unspecified atom stereocenters. The second-order valence-electron chi connectivity index (χ2n) is 7.12. The number of rotatable bonds is 3. The lowest BCUT2D eigenvalue weighted by Crippen LogP contribution is -2.60. The average molecular weight is 287 g/mol. The molecule has 1 fully saturated rings. The van der Waals surface area contributed by atoms with Gasteiger partial charge in [-0.25, -0.2) is 4.79 Å². The number of carboxylic acids is 1. The number of alkyl carbamates (subject to hydrolysis) is 1. The fraction of sp³-hybridized carbons (Fsp3) is 0.857. The summed E-state index contributed by atoms with van der Waals surface area (Å²) in [4.78, 5) is 22.9. The summed E-state index contributed by atoms with van der Waals surface area (Å²) >= 11 is 0. The summed E-state index contributed by atoms with van der Waals surface area (Å²) in [6, 6.07) is -0.449. The molecule has 0 aromatic rings. The quantitative estimate of drug-likeness (QED) is 0.831. The van der Waals surface area contributed by atoms with Crippen LogP contribution in [0.1, 0.15) is 48.0 Å². The Morgan fingerprint density at radius 1 is 1.10 bits per heavy atom. The van der Waals surface area contributed by atoms with Gasteiger partial charge in [-0.3, -0.25) is 4.79 Å². The molecule has 0 aliphatic heterocycles. The van der Waals surface area contributed by atoms with E-state index in [1.54, 1.807) is 20.8 Å². The van der Waals surface area contributed by atoms with E-state index in [-0.39, 0.29) is 6.10 Å². The summed E-state index contributed by atoms with van der Waals surface area (Å²) in [5.74, 6) is -1.70. The first-order valence-corrected chi connectivity index (χ1v) is 6.79. The highest BCUT2D eigenvalue weighted by Gasteiger charge is 2.49. The van der Waals surface area contributed by atoms with Crippen LogP contribution in [-0.4, -0.2) is 40.5 Å². The van der Waals surface area contributed by atoms with Gasteiger partial charge in [0.05, 0.1) is 17.7 Å². The SMILES string of the molecule is CC(C)(C)OC(=O)N[C@@H]1C[C@H](OC(C)(C)C)[C@@H]1C(=O)O. The highest BCUT2D eigenvalue weighted by molar-refractivity contribution is 5.75. The van der Waals surface area contributed by atoms with Crippen molar-refractivity contribution < 1.29 is 24.2 Å². The third kappa shape index (κ3) is 5.00. The van der Waals surface area contributed by atoms with Gasteiger partial charge in [-0.15, -0.1) is 0 Å². The molecule has 1 aliphatic rings. The number of nitrogens with one attached hydrogen (secondary N) is 1. The summed E-state index contributed by atoms with van der Waals surface area (Å²) < 4.78 is 10.8. The average Bonchev–Trinajstić information content (AvgIpc) is 2.08. The minimum absolute atomic E-state index is 0.382. The zero-order valence-electron chi connectivity index (χ0n) is 13.0. The predicted octanol–water partition coefficient (Wildman–Crippen LogP) is 2.17. The summed E-state index contributed by atoms with van der Waals surface area (Å²) in [6.07, 6.45) is -0.497. The van der Waals surface area contributed by atoms with Gasteiger partial charge in [0.1, 0.15) is 11.5 Å². The number of amides is 1. The Kier molecular flexibility index (Phi) is 4.69. The molecular weight excluding hydrogens is 262 g/mol. The molecule has 0 aromatic carbocycles. The van der Waals surface area contributed by atoms with Crippen molar-refractivity contribution in [1.29, 1.82) is 0 Å². The number of carboxylic acid groups (broad SMARTS) is 1. The molecule has 116 valence electrons. The van der Waals surface area contributed by atoms with Crippen molar-refractivity contribution in [3.05, 3.63) is 0 Å². The molecule has 0 bridgehead atoms. The van der Waals surface area contributed by atoms with E-state index in [9.17, 15) is 14.7 Å². The molecule has 1 amide bonds. The van der Waals surface area contributed by atoms with Gasteiger partial charge in [0.25, 0.3) is 0 Å². The summed E-state index contributed by atoms with van der Waals surface area (Å²) in [7, 11) is 0. The third-order valence-corrected chi connectivity index (χ3v) is 2.81. The van der Waals surface area contributed by atoms with Gasteiger partial charge in [-0.05, 0) is 48.0 Å². The van der Waals surface area contributed by atoms with Gasteiger partial charge in [0.15, 0.2) is 0 Å². The summed E-state index contributed by atoms with van der Waals surface area (Å²) in [5.41, 5.74) is -1.01. The van der Waals surface area contributed by atoms with Crippen LogP contribution in [0.3, 0.4) is 0 Å². The van der Waals surface area contributed by atoms with Gasteiger partial charge >= 0.3 is 12.1 Å². The highest BCUT2D eigenvalue weighted by atomic mass is 16.6. The zero-order chi connectivity index (χ0) is 15.7. The molecular formula is C14H25NO5. The molecule has 0 saturated heterocycles. The van der Waals surface area contributed by atoms with Gasteiger partial charge in [0.2, 0.25) is 0 Å². The number of ether oxygens (including phenoxy) is 2. The Morgan fingerprint density at radius 2 is 1.65 bits per heavy atom. The Hall–Kier alpha value is -1.30. The summed E-state index contributed by atoms with van der Waals surface area (Å²) in [5, 5.41) is 11.8. The number of aliphatic carboxylic acids is 1. The van der Waals surface area contributed by atoms with Crippen LogP contribution < -0.4 is 5.32 Å². The van der Waals surface area contributed by atoms with Crippen molar-refractivity contribution in [2.24, 2.45) is 5.92 Å². The van der Waals surface area contributed by atoms with Crippen LogP contribution in [-0.2, 0) is 14.3 Å². The van der Waals surface area contributed by atoms with Crippen molar-refractivity contribution in [3.8, 4) is 0 Å². The fourth-order valence-corrected chi connectivity index (χ4v) is 2.12. The second-order valence-corrected chi connectivity index (χ2v) is 7.12. The first kappa shape index (κ1) is 16.8. The van der Waals surface area contributed by atoms with Gasteiger partial charge < -0.3 is 19.9 Å². The number of hydrogen-bond donors (Lipinski definition) is 2. The van der Waals surface area contributed by atoms with Crippen LogP contribution in [0.4, 0.5) is 4.79 Å². The first-order chi connectivity index (χ1) is 8.89. The monoisotopic (exact) mass is 287 g/mol. The van der Waals surface area contributed by atoms with Gasteiger partial charge in [0, 0.05) is 0 Å². The smallest absolute Gasteiger partial charge is 0.407 e. The maximum atomic E-state index is 11.7. The Bertz CT molecular complexity index is 380. The predicted molar refractivity (Wildman–Crippen MR) is 73.5 cm³/mol. The van der Waals surface area contributed by atoms with E-state index in [1.165, 1.54) is 0 Å². The fourth-order valence-electron chi connectivity index (χ4n) is 2.12. The third-order valence-electron chi connectivity index (χ3n) is 2.81. The molecule has 1 saturated carbocycles. The highest BCUT2D eigenvalue weighted by Crippen LogP contribution is 2.34. The van der Waals surface area contributed by atoms with Gasteiger partial charge in [-0.2, -0.15) is 0 Å². The van der Waals surface area contributed by atoms with Crippen LogP contribution in [0.15, 0.2) is 0 Å². The molecule has 1 rings (SSSR count). The van der Waals surface area contributed by atoms with E-state index in [2.05, 4.69) is 5.32 Å². The Balaban J connectivity index is 2.57. The van der Waals surface area contributed by atoms with Crippen molar-refractivity contribution in [3.63, 3.8) is 0 Å². The normalized spacial score (nSPS) is 26.6. The van der Waals surface area contributed by atoms with Crippen LogP contribution in [0.25, 0.3) is 0 Å². The van der Waals surface area contributed by atoms with Crippen LogP contribution >= 0.6 is 0 Å². The van der Waals surface area contributed by atoms with E-state index in [0.29, 0.717) is 6.42 Å². The van der Waals surface area contributed by atoms with Crippen molar-refractivity contribution in [2.45, 2.75) is 71.3 Å². The maximum Gasteiger partial charge on any atom is 0.407 e. The molecule has 20 heavy (non-hydrogen) atoms. The van der Waals surface area contributed by atoms with E-state index in [1.807, 2.05) is 20.8 Å². The molecule has 0 aromatic heterocycles. The summed E-state index contributed by atoms with van der Waals surface area (Å²) in [6.45, 7) is 10.9. The van der Waals surface area contributed by atoms with E-state index in [4.69, 9.17) is 9.47 Å². The van der Waals surface area contributed by atoms with E-state index < -0.39 is 35.2 Å². The Morgan fingerprint density at radius 3 is 2.05 bits per heavy atom. The van der Waals surface area contributed by atoms with Crippen molar-refractivity contribution in [1.82, 2.24) is 5.32 Å². The molecule has 6 nitrogen and oxygen atoms in total. The Labute approximate surface area is 119 Å². The lowest BCUT2D eigenvalue weighted by Gasteiger charge is -2.44. The zero-order valence-corrected chi connectivity index (χ0v) is 13.0. The van der Waals surface area contributed by atoms with Crippen LogP contribution in [0.5, 0.6) is 0 Å². The maximum absolute atomic E-state index is 11.7. The molecule has 6 heteroatoms. The van der Waals surface area contributed by atoms with E-state index in [0.717, 1.165) is 0 Å². The van der Waals surface area contributed by atoms with Crippen LogP contribution in [0, 0.1) is 5.92 Å². The first-order valence-electron chi connectivity index (χ1n) is 6.79. The molecule has 3 atom stereocenters. The molecule has 0 spiro atoms. The van der Waals surface area contributed by atoms with Crippen molar-refractivity contribution in [2.75, 3.05) is 0 Å². The molecule has 0 radical (unpaired) electrons.